The maximum Gasteiger partial charge on any atom is 0.248 e. The summed E-state index contributed by atoms with van der Waals surface area (Å²) in [6.45, 7) is 1.47. The number of carbonyl (C=O) groups is 1. The third-order valence-electron chi connectivity index (χ3n) is 2.77. The van der Waals surface area contributed by atoms with Crippen LogP contribution in [-0.2, 0) is 16.1 Å². The highest BCUT2D eigenvalue weighted by Crippen LogP contribution is 2.15. The predicted molar refractivity (Wildman–Crippen MR) is 62.3 cm³/mol. The van der Waals surface area contributed by atoms with E-state index >= 15 is 0 Å². The highest BCUT2D eigenvalue weighted by Gasteiger charge is 2.25. The topological polar surface area (TPSA) is 75.8 Å². The molecule has 1 fully saturated rings. The molecule has 1 heterocycles. The molecule has 0 spiro atoms. The maximum absolute atomic E-state index is 11.6. The first kappa shape index (κ1) is 11.9. The Morgan fingerprint density at radius 3 is 3.06 bits per heavy atom. The molecule has 1 aromatic carbocycles. The van der Waals surface area contributed by atoms with Crippen LogP contribution in [0, 0.1) is 0 Å². The zero-order valence-electron chi connectivity index (χ0n) is 9.50. The molecule has 0 aromatic heterocycles. The molecule has 1 saturated heterocycles. The van der Waals surface area contributed by atoms with Crippen LogP contribution in [0.15, 0.2) is 24.3 Å². The van der Waals surface area contributed by atoms with E-state index in [1.54, 1.807) is 23.1 Å². The highest BCUT2D eigenvalue weighted by atomic mass is 16.5. The predicted octanol–water partition coefficient (Wildman–Crippen LogP) is 0.0783. The lowest BCUT2D eigenvalue weighted by atomic mass is 10.1. The summed E-state index contributed by atoms with van der Waals surface area (Å²) in [7, 11) is 0. The molecule has 3 N–H and O–H groups in total. The number of hydrogen-bond acceptors (Lipinski definition) is 4. The first-order valence-electron chi connectivity index (χ1n) is 5.56. The molecule has 5 heteroatoms. The van der Waals surface area contributed by atoms with Gasteiger partial charge in [0.15, 0.2) is 0 Å². The summed E-state index contributed by atoms with van der Waals surface area (Å²) in [6, 6.07) is 6.89. The fourth-order valence-electron chi connectivity index (χ4n) is 1.85. The maximum atomic E-state index is 11.6. The lowest BCUT2D eigenvalue weighted by Gasteiger charge is -2.32. The van der Waals surface area contributed by atoms with Crippen molar-refractivity contribution in [2.75, 3.05) is 19.7 Å². The quantitative estimate of drug-likeness (QED) is 0.779. The fourth-order valence-corrected chi connectivity index (χ4v) is 1.85. The molecule has 1 amide bonds. The van der Waals surface area contributed by atoms with E-state index in [4.69, 9.17) is 10.5 Å². The Labute approximate surface area is 99.8 Å². The number of nitrogens with two attached hydrogens (primary N) is 1. The Bertz CT molecular complexity index is 408. The van der Waals surface area contributed by atoms with E-state index in [1.165, 1.54) is 0 Å². The smallest absolute Gasteiger partial charge is 0.248 e. The van der Waals surface area contributed by atoms with Crippen molar-refractivity contribution in [1.82, 2.24) is 4.90 Å². The van der Waals surface area contributed by atoms with Gasteiger partial charge in [0.05, 0.1) is 6.10 Å². The van der Waals surface area contributed by atoms with Gasteiger partial charge in [-0.05, 0) is 17.7 Å². The number of phenolic OH excluding ortho intramolecular Hbond substituents is 1. The Morgan fingerprint density at radius 1 is 1.53 bits per heavy atom. The van der Waals surface area contributed by atoms with Gasteiger partial charge in [-0.15, -0.1) is 0 Å². The zero-order valence-corrected chi connectivity index (χ0v) is 9.50. The number of phenols is 1. The number of rotatable bonds is 3. The second kappa shape index (κ2) is 5.16. The molecule has 1 aromatic rings. The summed E-state index contributed by atoms with van der Waals surface area (Å²) in [4.78, 5) is 13.3. The SMILES string of the molecule is NCC1CN(Cc2cccc(O)c2)C(=O)CO1. The van der Waals surface area contributed by atoms with Crippen molar-refractivity contribution >= 4 is 5.91 Å². The standard InChI is InChI=1S/C12H16N2O3/c13-5-11-7-14(12(16)8-17-11)6-9-2-1-3-10(15)4-9/h1-4,11,15H,5-8,13H2. The summed E-state index contributed by atoms with van der Waals surface area (Å²) in [5.74, 6) is 0.164. The van der Waals surface area contributed by atoms with Crippen LogP contribution in [0.3, 0.4) is 0 Å². The number of amides is 1. The van der Waals surface area contributed by atoms with Crippen LogP contribution < -0.4 is 5.73 Å². The van der Waals surface area contributed by atoms with Crippen LogP contribution in [0.1, 0.15) is 5.56 Å². The van der Waals surface area contributed by atoms with Gasteiger partial charge < -0.3 is 20.5 Å². The van der Waals surface area contributed by atoms with Crippen molar-refractivity contribution in [3.63, 3.8) is 0 Å². The minimum Gasteiger partial charge on any atom is -0.508 e. The monoisotopic (exact) mass is 236 g/mol. The molecule has 1 atom stereocenters. The average molecular weight is 236 g/mol. The largest absolute Gasteiger partial charge is 0.508 e. The summed E-state index contributed by atoms with van der Waals surface area (Å²) >= 11 is 0. The Hall–Kier alpha value is -1.59. The minimum absolute atomic E-state index is 0.0435. The second-order valence-corrected chi connectivity index (χ2v) is 4.11. The van der Waals surface area contributed by atoms with E-state index in [-0.39, 0.29) is 24.4 Å². The molecule has 1 aliphatic heterocycles. The van der Waals surface area contributed by atoms with E-state index in [2.05, 4.69) is 0 Å². The summed E-state index contributed by atoms with van der Waals surface area (Å²) in [5.41, 5.74) is 6.42. The molecular formula is C12H16N2O3. The Balaban J connectivity index is 2.04. The molecule has 0 aliphatic carbocycles. The van der Waals surface area contributed by atoms with Gasteiger partial charge in [-0.1, -0.05) is 12.1 Å². The third-order valence-corrected chi connectivity index (χ3v) is 2.77. The average Bonchev–Trinajstić information content (AvgIpc) is 2.32. The third kappa shape index (κ3) is 2.95. The van der Waals surface area contributed by atoms with Gasteiger partial charge in [-0.2, -0.15) is 0 Å². The van der Waals surface area contributed by atoms with Crippen molar-refractivity contribution in [3.8, 4) is 5.75 Å². The van der Waals surface area contributed by atoms with E-state index in [0.29, 0.717) is 19.6 Å². The molecule has 1 unspecified atom stereocenters. The summed E-state index contributed by atoms with van der Waals surface area (Å²) < 4.78 is 5.27. The Kier molecular flexibility index (Phi) is 3.61. The van der Waals surface area contributed by atoms with Crippen molar-refractivity contribution < 1.29 is 14.6 Å². The van der Waals surface area contributed by atoms with Crippen LogP contribution in [0.5, 0.6) is 5.75 Å². The number of morpholine rings is 1. The normalized spacial score (nSPS) is 20.6. The van der Waals surface area contributed by atoms with Crippen LogP contribution in [0.4, 0.5) is 0 Å². The van der Waals surface area contributed by atoms with Crippen molar-refractivity contribution in [3.05, 3.63) is 29.8 Å². The summed E-state index contributed by atoms with van der Waals surface area (Å²) in [5, 5.41) is 9.36. The van der Waals surface area contributed by atoms with Gasteiger partial charge in [-0.25, -0.2) is 0 Å². The number of nitrogens with zero attached hydrogens (tertiary/aromatic N) is 1. The minimum atomic E-state index is -0.0926. The van der Waals surface area contributed by atoms with Crippen LogP contribution in [0.25, 0.3) is 0 Å². The number of carbonyl (C=O) groups excluding carboxylic acids is 1. The van der Waals surface area contributed by atoms with Crippen LogP contribution in [-0.4, -0.2) is 41.7 Å². The first-order chi connectivity index (χ1) is 8.19. The van der Waals surface area contributed by atoms with Gasteiger partial charge in [0.25, 0.3) is 0 Å². The lowest BCUT2D eigenvalue weighted by molar-refractivity contribution is -0.149. The molecule has 2 rings (SSSR count). The molecular weight excluding hydrogens is 220 g/mol. The molecule has 0 bridgehead atoms. The first-order valence-corrected chi connectivity index (χ1v) is 5.56. The van der Waals surface area contributed by atoms with Gasteiger partial charge in [0.1, 0.15) is 12.4 Å². The molecule has 0 saturated carbocycles. The molecule has 1 aliphatic rings. The van der Waals surface area contributed by atoms with Gasteiger partial charge in [-0.3, -0.25) is 4.79 Å². The van der Waals surface area contributed by atoms with E-state index in [0.717, 1.165) is 5.56 Å². The van der Waals surface area contributed by atoms with E-state index < -0.39 is 0 Å². The molecule has 17 heavy (non-hydrogen) atoms. The van der Waals surface area contributed by atoms with Gasteiger partial charge in [0.2, 0.25) is 5.91 Å². The molecule has 92 valence electrons. The van der Waals surface area contributed by atoms with Crippen molar-refractivity contribution in [2.45, 2.75) is 12.6 Å². The number of ether oxygens (including phenoxy) is 1. The van der Waals surface area contributed by atoms with E-state index in [9.17, 15) is 9.90 Å². The van der Waals surface area contributed by atoms with Gasteiger partial charge >= 0.3 is 0 Å². The van der Waals surface area contributed by atoms with Crippen molar-refractivity contribution in [2.24, 2.45) is 5.73 Å². The number of aromatic hydroxyl groups is 1. The van der Waals surface area contributed by atoms with Crippen LogP contribution >= 0.6 is 0 Å². The van der Waals surface area contributed by atoms with Crippen molar-refractivity contribution in [1.29, 1.82) is 0 Å². The second-order valence-electron chi connectivity index (χ2n) is 4.11. The lowest BCUT2D eigenvalue weighted by Crippen LogP contribution is -2.48. The highest BCUT2D eigenvalue weighted by molar-refractivity contribution is 5.78. The van der Waals surface area contributed by atoms with E-state index in [1.807, 2.05) is 6.07 Å². The Morgan fingerprint density at radius 2 is 2.35 bits per heavy atom. The number of hydrogen-bond donors (Lipinski definition) is 2. The molecule has 0 radical (unpaired) electrons. The summed E-state index contributed by atoms with van der Waals surface area (Å²) in [6.07, 6.45) is -0.0926. The molecule has 5 nitrogen and oxygen atoms in total. The number of benzene rings is 1. The van der Waals surface area contributed by atoms with Crippen LogP contribution in [0.2, 0.25) is 0 Å². The zero-order chi connectivity index (χ0) is 12.3. The van der Waals surface area contributed by atoms with Gasteiger partial charge in [0, 0.05) is 19.6 Å². The fraction of sp³-hybridized carbons (Fsp3) is 0.417.